The predicted octanol–water partition coefficient (Wildman–Crippen LogP) is 2.46. The molecule has 0 bridgehead atoms. The highest BCUT2D eigenvalue weighted by molar-refractivity contribution is 5.09. The first-order chi connectivity index (χ1) is 4.79. The van der Waals surface area contributed by atoms with Gasteiger partial charge >= 0.3 is 6.61 Å². The molecule has 10 heavy (non-hydrogen) atoms. The number of rotatable bonds is 2. The van der Waals surface area contributed by atoms with Gasteiger partial charge in [0.05, 0.1) is 0 Å². The summed E-state index contributed by atoms with van der Waals surface area (Å²) in [6, 6.07) is 0. The maximum Gasteiger partial charge on any atom is 0.387 e. The Balaban J connectivity index is 2.34. The van der Waals surface area contributed by atoms with Crippen molar-refractivity contribution in [3.05, 3.63) is 24.0 Å². The smallest absolute Gasteiger partial charge is 0.387 e. The summed E-state index contributed by atoms with van der Waals surface area (Å²) in [5, 5.41) is 0. The molecule has 1 aliphatic rings. The van der Waals surface area contributed by atoms with Crippen LogP contribution in [0, 0.1) is 0 Å². The second-order valence-electron chi connectivity index (χ2n) is 1.96. The van der Waals surface area contributed by atoms with Gasteiger partial charge in [0.25, 0.3) is 0 Å². The predicted molar refractivity (Wildman–Crippen MR) is 33.5 cm³/mol. The minimum absolute atomic E-state index is 0.373. The second-order valence-corrected chi connectivity index (χ2v) is 1.96. The van der Waals surface area contributed by atoms with Gasteiger partial charge < -0.3 is 4.74 Å². The fourth-order valence-electron chi connectivity index (χ4n) is 0.789. The van der Waals surface area contributed by atoms with E-state index in [-0.39, 0.29) is 0 Å². The Bertz CT molecular complexity index is 161. The van der Waals surface area contributed by atoms with Gasteiger partial charge in [-0.15, -0.1) is 0 Å². The molecule has 1 nitrogen and oxygen atoms in total. The van der Waals surface area contributed by atoms with Crippen molar-refractivity contribution in [1.82, 2.24) is 0 Å². The van der Waals surface area contributed by atoms with Crippen LogP contribution in [0.25, 0.3) is 0 Å². The van der Waals surface area contributed by atoms with E-state index in [1.165, 1.54) is 0 Å². The molecule has 0 radical (unpaired) electrons. The van der Waals surface area contributed by atoms with E-state index in [0.717, 1.165) is 0 Å². The Morgan fingerprint density at radius 2 is 2.20 bits per heavy atom. The third-order valence-electron chi connectivity index (χ3n) is 1.21. The fourth-order valence-corrected chi connectivity index (χ4v) is 0.789. The molecule has 0 saturated heterocycles. The molecule has 0 N–H and O–H groups in total. The van der Waals surface area contributed by atoms with Crippen molar-refractivity contribution in [2.24, 2.45) is 0 Å². The van der Waals surface area contributed by atoms with Gasteiger partial charge in [-0.05, 0) is 12.5 Å². The van der Waals surface area contributed by atoms with Crippen LogP contribution in [-0.4, -0.2) is 6.61 Å². The van der Waals surface area contributed by atoms with E-state index in [2.05, 4.69) is 4.74 Å². The molecule has 0 aromatic carbocycles. The highest BCUT2D eigenvalue weighted by atomic mass is 19.3. The summed E-state index contributed by atoms with van der Waals surface area (Å²) in [7, 11) is 0. The first-order valence-corrected chi connectivity index (χ1v) is 3.08. The van der Waals surface area contributed by atoms with Crippen molar-refractivity contribution in [3.8, 4) is 0 Å². The molecule has 0 spiro atoms. The molecule has 0 unspecified atom stereocenters. The quantitative estimate of drug-likeness (QED) is 0.544. The van der Waals surface area contributed by atoms with E-state index >= 15 is 0 Å². The lowest BCUT2D eigenvalue weighted by Gasteiger charge is -2.08. The normalized spacial score (nSPS) is 17.3. The van der Waals surface area contributed by atoms with E-state index in [9.17, 15) is 8.78 Å². The summed E-state index contributed by atoms with van der Waals surface area (Å²) in [5.41, 5.74) is 0. The number of hydrogen-bond acceptors (Lipinski definition) is 1. The molecule has 1 rings (SSSR count). The van der Waals surface area contributed by atoms with E-state index in [4.69, 9.17) is 0 Å². The average molecular weight is 146 g/mol. The van der Waals surface area contributed by atoms with Gasteiger partial charge in [-0.2, -0.15) is 8.78 Å². The van der Waals surface area contributed by atoms with E-state index in [1.54, 1.807) is 6.08 Å². The molecule has 1 aliphatic carbocycles. The summed E-state index contributed by atoms with van der Waals surface area (Å²) in [4.78, 5) is 0. The van der Waals surface area contributed by atoms with Gasteiger partial charge in [0, 0.05) is 6.42 Å². The summed E-state index contributed by atoms with van der Waals surface area (Å²) >= 11 is 0. The minimum Gasteiger partial charge on any atom is -0.439 e. The van der Waals surface area contributed by atoms with Gasteiger partial charge in [0.1, 0.15) is 5.76 Å². The van der Waals surface area contributed by atoms with Crippen LogP contribution in [0.5, 0.6) is 0 Å². The highest BCUT2D eigenvalue weighted by Crippen LogP contribution is 2.14. The molecule has 0 fully saturated rings. The van der Waals surface area contributed by atoms with E-state index < -0.39 is 6.61 Å². The third-order valence-corrected chi connectivity index (χ3v) is 1.21. The number of hydrogen-bond donors (Lipinski definition) is 0. The Morgan fingerprint density at radius 1 is 1.40 bits per heavy atom. The van der Waals surface area contributed by atoms with Gasteiger partial charge in [0.15, 0.2) is 0 Å². The Kier molecular flexibility index (Phi) is 2.42. The molecule has 0 aromatic heterocycles. The molecule has 0 aliphatic heterocycles. The molecular formula is C7H8F2O. The van der Waals surface area contributed by atoms with Crippen LogP contribution < -0.4 is 0 Å². The van der Waals surface area contributed by atoms with Crippen LogP contribution in [-0.2, 0) is 4.74 Å². The van der Waals surface area contributed by atoms with Crippen molar-refractivity contribution in [3.63, 3.8) is 0 Å². The first-order valence-electron chi connectivity index (χ1n) is 3.08. The zero-order valence-corrected chi connectivity index (χ0v) is 5.39. The van der Waals surface area contributed by atoms with Crippen molar-refractivity contribution in [2.75, 3.05) is 0 Å². The number of halogens is 2. The largest absolute Gasteiger partial charge is 0.439 e. The second kappa shape index (κ2) is 3.34. The van der Waals surface area contributed by atoms with Gasteiger partial charge in [0.2, 0.25) is 0 Å². The van der Waals surface area contributed by atoms with Crippen LogP contribution in [0.4, 0.5) is 8.78 Å². The van der Waals surface area contributed by atoms with Gasteiger partial charge in [-0.25, -0.2) is 0 Å². The van der Waals surface area contributed by atoms with Crippen molar-refractivity contribution in [1.29, 1.82) is 0 Å². The van der Waals surface area contributed by atoms with Crippen LogP contribution in [0.15, 0.2) is 24.0 Å². The molecule has 0 amide bonds. The SMILES string of the molecule is FC(F)OC1=CCC=CC1. The summed E-state index contributed by atoms with van der Waals surface area (Å²) < 4.78 is 27.2. The Morgan fingerprint density at radius 3 is 2.70 bits per heavy atom. The molecule has 56 valence electrons. The summed E-state index contributed by atoms with van der Waals surface area (Å²) in [6.07, 6.45) is 6.58. The maximum atomic E-state index is 11.5. The number of allylic oxidation sites excluding steroid dienone is 3. The molecule has 0 atom stereocenters. The number of ether oxygens (including phenoxy) is 1. The number of alkyl halides is 2. The lowest BCUT2D eigenvalue weighted by molar-refractivity contribution is -0.0976. The van der Waals surface area contributed by atoms with Crippen LogP contribution in [0.1, 0.15) is 12.8 Å². The zero-order valence-electron chi connectivity index (χ0n) is 5.39. The van der Waals surface area contributed by atoms with Crippen LogP contribution in [0.2, 0.25) is 0 Å². The van der Waals surface area contributed by atoms with E-state index in [1.807, 2.05) is 12.2 Å². The lowest BCUT2D eigenvalue weighted by atomic mass is 10.2. The molecule has 0 saturated carbocycles. The fraction of sp³-hybridized carbons (Fsp3) is 0.429. The molecular weight excluding hydrogens is 138 g/mol. The average Bonchev–Trinajstić information content (AvgIpc) is 1.88. The zero-order chi connectivity index (χ0) is 7.40. The Hall–Kier alpha value is -0.860. The summed E-state index contributed by atoms with van der Waals surface area (Å²) in [5.74, 6) is 0.373. The first kappa shape index (κ1) is 7.25. The lowest BCUT2D eigenvalue weighted by Crippen LogP contribution is -1.99. The standard InChI is InChI=1S/C7H8F2O/c8-7(9)10-6-4-2-1-3-5-6/h1-2,5,7H,3-4H2. The molecule has 0 aromatic rings. The highest BCUT2D eigenvalue weighted by Gasteiger charge is 2.06. The van der Waals surface area contributed by atoms with Crippen molar-refractivity contribution < 1.29 is 13.5 Å². The minimum atomic E-state index is -2.68. The topological polar surface area (TPSA) is 9.23 Å². The van der Waals surface area contributed by atoms with E-state index in [0.29, 0.717) is 18.6 Å². The van der Waals surface area contributed by atoms with Gasteiger partial charge in [-0.1, -0.05) is 12.2 Å². The van der Waals surface area contributed by atoms with Crippen molar-refractivity contribution in [2.45, 2.75) is 19.5 Å². The van der Waals surface area contributed by atoms with Crippen LogP contribution >= 0.6 is 0 Å². The van der Waals surface area contributed by atoms with Crippen molar-refractivity contribution >= 4 is 0 Å². The molecule has 0 heterocycles. The van der Waals surface area contributed by atoms with Crippen LogP contribution in [0.3, 0.4) is 0 Å². The maximum absolute atomic E-state index is 11.5. The Labute approximate surface area is 58.0 Å². The third kappa shape index (κ3) is 2.17. The molecule has 3 heteroatoms. The summed E-state index contributed by atoms with van der Waals surface area (Å²) in [6.45, 7) is -2.68. The monoisotopic (exact) mass is 146 g/mol. The van der Waals surface area contributed by atoms with Gasteiger partial charge in [-0.3, -0.25) is 0 Å².